The molecule has 1 aliphatic carbocycles. The van der Waals surface area contributed by atoms with Crippen molar-refractivity contribution >= 4 is 39.6 Å². The number of methoxy groups -OCH3 is 1. The van der Waals surface area contributed by atoms with E-state index in [0.717, 1.165) is 55.0 Å². The molecule has 1 aliphatic rings. The third-order valence-electron chi connectivity index (χ3n) is 4.16. The molecule has 2 heterocycles. The molecule has 25 heavy (non-hydrogen) atoms. The van der Waals surface area contributed by atoms with E-state index in [0.29, 0.717) is 10.7 Å². The van der Waals surface area contributed by atoms with Crippen LogP contribution >= 0.6 is 23.6 Å². The van der Waals surface area contributed by atoms with Crippen LogP contribution < -0.4 is 10.6 Å². The number of thiophene rings is 1. The lowest BCUT2D eigenvalue weighted by Gasteiger charge is -2.11. The van der Waals surface area contributed by atoms with Crippen molar-refractivity contribution in [1.29, 1.82) is 0 Å². The summed E-state index contributed by atoms with van der Waals surface area (Å²) in [7, 11) is 1.42. The van der Waals surface area contributed by atoms with Crippen LogP contribution in [-0.4, -0.2) is 34.5 Å². The molecule has 8 heteroatoms. The molecular weight excluding hydrogens is 356 g/mol. The highest BCUT2D eigenvalue weighted by molar-refractivity contribution is 7.80. The van der Waals surface area contributed by atoms with Gasteiger partial charge in [-0.05, 0) is 56.5 Å². The largest absolute Gasteiger partial charge is 0.465 e. The number of anilines is 1. The molecule has 0 amide bonds. The van der Waals surface area contributed by atoms with Gasteiger partial charge in [0.25, 0.3) is 0 Å². The number of nitrogens with zero attached hydrogens (tertiary/aromatic N) is 2. The molecule has 0 atom stereocenters. The van der Waals surface area contributed by atoms with E-state index < -0.39 is 0 Å². The van der Waals surface area contributed by atoms with Crippen LogP contribution in [0.3, 0.4) is 0 Å². The molecule has 6 nitrogen and oxygen atoms in total. The van der Waals surface area contributed by atoms with Crippen LogP contribution in [0.1, 0.15) is 39.3 Å². The first-order chi connectivity index (χ1) is 12.1. The molecule has 0 unspecified atom stereocenters. The van der Waals surface area contributed by atoms with E-state index in [1.807, 2.05) is 23.9 Å². The minimum atomic E-state index is -0.293. The molecule has 2 N–H and O–H groups in total. The quantitative estimate of drug-likeness (QED) is 0.458. The average molecular weight is 379 g/mol. The average Bonchev–Trinajstić information content (AvgIpc) is 3.27. The van der Waals surface area contributed by atoms with Gasteiger partial charge < -0.3 is 15.4 Å². The van der Waals surface area contributed by atoms with Crippen LogP contribution in [0.4, 0.5) is 5.00 Å². The van der Waals surface area contributed by atoms with E-state index in [1.165, 1.54) is 12.0 Å². The van der Waals surface area contributed by atoms with E-state index in [9.17, 15) is 4.79 Å². The van der Waals surface area contributed by atoms with Crippen LogP contribution in [0.15, 0.2) is 12.3 Å². The molecular formula is C17H22N4O2S2. The molecule has 0 aromatic carbocycles. The fraction of sp³-hybridized carbons (Fsp3) is 0.471. The number of hydrogen-bond acceptors (Lipinski definition) is 5. The minimum Gasteiger partial charge on any atom is -0.465 e. The second-order valence-corrected chi connectivity index (χ2v) is 7.52. The zero-order chi connectivity index (χ0) is 17.8. The van der Waals surface area contributed by atoms with Crippen molar-refractivity contribution in [3.8, 4) is 0 Å². The maximum Gasteiger partial charge on any atom is 0.341 e. The van der Waals surface area contributed by atoms with Gasteiger partial charge in [0.2, 0.25) is 0 Å². The molecule has 2 aromatic rings. The topological polar surface area (TPSA) is 68.2 Å². The van der Waals surface area contributed by atoms with Gasteiger partial charge in [-0.1, -0.05) is 0 Å². The first kappa shape index (κ1) is 17.9. The third kappa shape index (κ3) is 4.19. The van der Waals surface area contributed by atoms with E-state index in [-0.39, 0.29) is 5.97 Å². The zero-order valence-corrected chi connectivity index (χ0v) is 16.1. The Morgan fingerprint density at radius 3 is 3.04 bits per heavy atom. The van der Waals surface area contributed by atoms with Crippen molar-refractivity contribution in [2.45, 2.75) is 39.2 Å². The smallest absolute Gasteiger partial charge is 0.341 e. The number of aromatic nitrogens is 2. The molecule has 2 aromatic heterocycles. The SMILES string of the molecule is COC(=O)c1c(NC(=S)NCCCn2ccc(C)n2)sc2c1CCC2. The standard InChI is InChI=1S/C17H22N4O2S2/c1-11-7-10-21(20-11)9-4-8-18-17(24)19-15-14(16(22)23-2)12-5-3-6-13(12)25-15/h7,10H,3-6,8-9H2,1-2H3,(H2,18,19,24). The maximum absolute atomic E-state index is 12.1. The number of aryl methyl sites for hydroxylation is 3. The lowest BCUT2D eigenvalue weighted by atomic mass is 10.1. The second kappa shape index (κ2) is 7.97. The Morgan fingerprint density at radius 1 is 1.48 bits per heavy atom. The molecule has 134 valence electrons. The van der Waals surface area contributed by atoms with Gasteiger partial charge in [0.1, 0.15) is 5.00 Å². The van der Waals surface area contributed by atoms with Gasteiger partial charge in [0, 0.05) is 24.2 Å². The summed E-state index contributed by atoms with van der Waals surface area (Å²) in [5.74, 6) is -0.293. The van der Waals surface area contributed by atoms with Crippen LogP contribution in [0.2, 0.25) is 0 Å². The lowest BCUT2D eigenvalue weighted by molar-refractivity contribution is 0.0601. The van der Waals surface area contributed by atoms with Crippen molar-refractivity contribution in [3.63, 3.8) is 0 Å². The molecule has 0 aliphatic heterocycles. The van der Waals surface area contributed by atoms with Gasteiger partial charge in [0.05, 0.1) is 18.4 Å². The Morgan fingerprint density at radius 2 is 2.32 bits per heavy atom. The zero-order valence-electron chi connectivity index (χ0n) is 14.4. The van der Waals surface area contributed by atoms with Crippen LogP contribution in [0.25, 0.3) is 0 Å². The molecule has 0 fully saturated rings. The van der Waals surface area contributed by atoms with E-state index in [2.05, 4.69) is 15.7 Å². The molecule has 3 rings (SSSR count). The highest BCUT2D eigenvalue weighted by atomic mass is 32.1. The fourth-order valence-electron chi connectivity index (χ4n) is 2.99. The van der Waals surface area contributed by atoms with Gasteiger partial charge in [-0.15, -0.1) is 11.3 Å². The van der Waals surface area contributed by atoms with E-state index in [1.54, 1.807) is 11.3 Å². The molecule has 0 spiro atoms. The number of fused-ring (bicyclic) bond motifs is 1. The van der Waals surface area contributed by atoms with Crippen molar-refractivity contribution in [1.82, 2.24) is 15.1 Å². The van der Waals surface area contributed by atoms with E-state index >= 15 is 0 Å². The van der Waals surface area contributed by atoms with Gasteiger partial charge in [-0.3, -0.25) is 4.68 Å². The summed E-state index contributed by atoms with van der Waals surface area (Å²) in [4.78, 5) is 13.4. The number of nitrogens with one attached hydrogen (secondary N) is 2. The second-order valence-electron chi connectivity index (χ2n) is 6.01. The molecule has 0 bridgehead atoms. The predicted molar refractivity (Wildman–Crippen MR) is 103 cm³/mol. The normalized spacial score (nSPS) is 12.7. The summed E-state index contributed by atoms with van der Waals surface area (Å²) in [5, 5.41) is 12.0. The molecule has 0 radical (unpaired) electrons. The maximum atomic E-state index is 12.1. The summed E-state index contributed by atoms with van der Waals surface area (Å²) in [6.07, 6.45) is 5.94. The first-order valence-electron chi connectivity index (χ1n) is 8.36. The van der Waals surface area contributed by atoms with Crippen molar-refractivity contribution in [2.75, 3.05) is 19.0 Å². The third-order valence-corrected chi connectivity index (χ3v) is 5.62. The van der Waals surface area contributed by atoms with Gasteiger partial charge in [0.15, 0.2) is 5.11 Å². The van der Waals surface area contributed by atoms with Gasteiger partial charge in [-0.25, -0.2) is 4.79 Å². The number of carbonyl (C=O) groups is 1. The Kier molecular flexibility index (Phi) is 5.70. The van der Waals surface area contributed by atoms with Gasteiger partial charge >= 0.3 is 5.97 Å². The molecule has 0 saturated heterocycles. The number of carbonyl (C=O) groups excluding carboxylic acids is 1. The summed E-state index contributed by atoms with van der Waals surface area (Å²) in [6.45, 7) is 3.55. The summed E-state index contributed by atoms with van der Waals surface area (Å²) < 4.78 is 6.87. The van der Waals surface area contributed by atoms with Crippen LogP contribution in [0, 0.1) is 6.92 Å². The summed E-state index contributed by atoms with van der Waals surface area (Å²) in [6, 6.07) is 1.99. The number of thiocarbonyl (C=S) groups is 1. The van der Waals surface area contributed by atoms with Gasteiger partial charge in [-0.2, -0.15) is 5.10 Å². The van der Waals surface area contributed by atoms with Crippen molar-refractivity contribution in [2.24, 2.45) is 0 Å². The predicted octanol–water partition coefficient (Wildman–Crippen LogP) is 2.91. The fourth-order valence-corrected chi connectivity index (χ4v) is 4.54. The summed E-state index contributed by atoms with van der Waals surface area (Å²) in [5.41, 5.74) is 2.79. The van der Waals surface area contributed by atoms with Crippen LogP contribution in [0.5, 0.6) is 0 Å². The van der Waals surface area contributed by atoms with E-state index in [4.69, 9.17) is 17.0 Å². The monoisotopic (exact) mass is 378 g/mol. The van der Waals surface area contributed by atoms with Crippen molar-refractivity contribution in [3.05, 3.63) is 34.0 Å². The number of esters is 1. The lowest BCUT2D eigenvalue weighted by Crippen LogP contribution is -2.30. The number of ether oxygens (including phenoxy) is 1. The Bertz CT molecular complexity index is 782. The summed E-state index contributed by atoms with van der Waals surface area (Å²) >= 11 is 6.98. The number of hydrogen-bond donors (Lipinski definition) is 2. The minimum absolute atomic E-state index is 0.293. The Hall–Kier alpha value is -1.93. The first-order valence-corrected chi connectivity index (χ1v) is 9.58. The molecule has 0 saturated carbocycles. The Balaban J connectivity index is 1.53. The number of rotatable bonds is 6. The van der Waals surface area contributed by atoms with Crippen molar-refractivity contribution < 1.29 is 9.53 Å². The highest BCUT2D eigenvalue weighted by Crippen LogP contribution is 2.39. The van der Waals surface area contributed by atoms with Crippen LogP contribution in [-0.2, 0) is 24.1 Å². The Labute approximate surface area is 156 Å². The highest BCUT2D eigenvalue weighted by Gasteiger charge is 2.27.